The minimum Gasteiger partial charge on any atom is -0.361 e. The summed E-state index contributed by atoms with van der Waals surface area (Å²) in [5, 5.41) is 0. The van der Waals surface area contributed by atoms with Gasteiger partial charge in [-0.05, 0) is 29.5 Å². The van der Waals surface area contributed by atoms with Crippen molar-refractivity contribution < 1.29 is 0 Å². The summed E-state index contributed by atoms with van der Waals surface area (Å²) in [5.74, 6) is 0.936. The minimum atomic E-state index is 0.936. The number of halogens is 1. The number of hydrogen-bond acceptors (Lipinski definition) is 3. The fourth-order valence-electron chi connectivity index (χ4n) is 0.886. The maximum Gasteiger partial charge on any atom is 0.149 e. The molecule has 0 aliphatic rings. The van der Waals surface area contributed by atoms with E-state index in [0.717, 1.165) is 15.2 Å². The van der Waals surface area contributed by atoms with Crippen LogP contribution in [0.5, 0.6) is 0 Å². The van der Waals surface area contributed by atoms with Crippen LogP contribution in [0, 0.1) is 10.6 Å². The first-order chi connectivity index (χ1) is 5.11. The molecule has 3 nitrogen and oxygen atoms in total. The van der Waals surface area contributed by atoms with Gasteiger partial charge in [0, 0.05) is 14.1 Å². The third-order valence-electron chi connectivity index (χ3n) is 1.32. The predicted molar refractivity (Wildman–Crippen MR) is 53.8 cm³/mol. The average molecular weight is 263 g/mol. The van der Waals surface area contributed by atoms with Crippen molar-refractivity contribution in [1.29, 1.82) is 0 Å². The van der Waals surface area contributed by atoms with Crippen molar-refractivity contribution in [3.63, 3.8) is 0 Å². The highest BCUT2D eigenvalue weighted by Crippen LogP contribution is 2.12. The number of nitrogens with zero attached hydrogens (tertiary/aromatic N) is 3. The lowest BCUT2D eigenvalue weighted by Gasteiger charge is -2.12. The van der Waals surface area contributed by atoms with E-state index in [1.165, 1.54) is 0 Å². The van der Waals surface area contributed by atoms with Crippen molar-refractivity contribution in [2.24, 2.45) is 0 Å². The topological polar surface area (TPSA) is 29.0 Å². The summed E-state index contributed by atoms with van der Waals surface area (Å²) in [4.78, 5) is 10.5. The van der Waals surface area contributed by atoms with E-state index >= 15 is 0 Å². The van der Waals surface area contributed by atoms with Crippen LogP contribution in [0.4, 0.5) is 5.82 Å². The molecule has 4 heteroatoms. The lowest BCUT2D eigenvalue weighted by atomic mass is 10.4. The molecule has 0 saturated heterocycles. The van der Waals surface area contributed by atoms with Crippen LogP contribution in [0.15, 0.2) is 6.20 Å². The minimum absolute atomic E-state index is 0.936. The lowest BCUT2D eigenvalue weighted by molar-refractivity contribution is 0.991. The highest BCUT2D eigenvalue weighted by Gasteiger charge is 2.02. The number of anilines is 1. The van der Waals surface area contributed by atoms with Crippen molar-refractivity contribution in [3.05, 3.63) is 15.6 Å². The summed E-state index contributed by atoms with van der Waals surface area (Å²) in [6, 6.07) is 0. The third kappa shape index (κ3) is 2.02. The zero-order chi connectivity index (χ0) is 8.43. The van der Waals surface area contributed by atoms with Gasteiger partial charge in [0.15, 0.2) is 0 Å². The van der Waals surface area contributed by atoms with Gasteiger partial charge in [-0.1, -0.05) is 0 Å². The summed E-state index contributed by atoms with van der Waals surface area (Å²) in [5.41, 5.74) is 0.974. The van der Waals surface area contributed by atoms with Gasteiger partial charge in [0.25, 0.3) is 0 Å². The third-order valence-corrected chi connectivity index (χ3v) is 1.83. The van der Waals surface area contributed by atoms with Gasteiger partial charge < -0.3 is 4.90 Å². The van der Waals surface area contributed by atoms with Crippen LogP contribution >= 0.6 is 22.6 Å². The van der Waals surface area contributed by atoms with E-state index in [1.807, 2.05) is 25.9 Å². The summed E-state index contributed by atoms with van der Waals surface area (Å²) in [6.07, 6.45) is 1.77. The summed E-state index contributed by atoms with van der Waals surface area (Å²) in [7, 11) is 3.92. The fourth-order valence-corrected chi connectivity index (χ4v) is 1.39. The van der Waals surface area contributed by atoms with Gasteiger partial charge >= 0.3 is 0 Å². The standard InChI is InChI=1S/C7H10IN3/c1-5-7(11(2)3)9-4-6(8)10-5/h4H,1-3H3. The van der Waals surface area contributed by atoms with Crippen LogP contribution in [0.2, 0.25) is 0 Å². The maximum atomic E-state index is 4.28. The Balaban J connectivity index is 3.09. The van der Waals surface area contributed by atoms with Crippen LogP contribution in [0.25, 0.3) is 0 Å². The first kappa shape index (κ1) is 8.70. The molecule has 60 valence electrons. The second kappa shape index (κ2) is 3.34. The number of hydrogen-bond donors (Lipinski definition) is 0. The Labute approximate surface area is 80.0 Å². The smallest absolute Gasteiger partial charge is 0.149 e. The van der Waals surface area contributed by atoms with E-state index < -0.39 is 0 Å². The molecule has 0 amide bonds. The molecule has 0 unspecified atom stereocenters. The van der Waals surface area contributed by atoms with Crippen molar-refractivity contribution >= 4 is 28.4 Å². The van der Waals surface area contributed by atoms with Crippen LogP contribution in [0.1, 0.15) is 5.69 Å². The molecular weight excluding hydrogens is 253 g/mol. The highest BCUT2D eigenvalue weighted by molar-refractivity contribution is 14.1. The molecular formula is C7H10IN3. The molecule has 0 aromatic carbocycles. The molecule has 0 spiro atoms. The van der Waals surface area contributed by atoms with E-state index in [0.29, 0.717) is 0 Å². The summed E-state index contributed by atoms with van der Waals surface area (Å²) in [6.45, 7) is 1.96. The van der Waals surface area contributed by atoms with Gasteiger partial charge in [0.05, 0.1) is 11.9 Å². The van der Waals surface area contributed by atoms with Gasteiger partial charge in [-0.15, -0.1) is 0 Å². The van der Waals surface area contributed by atoms with E-state index in [9.17, 15) is 0 Å². The Morgan fingerprint density at radius 3 is 2.55 bits per heavy atom. The molecule has 0 radical (unpaired) electrons. The van der Waals surface area contributed by atoms with Gasteiger partial charge in [0.1, 0.15) is 9.52 Å². The van der Waals surface area contributed by atoms with Crippen LogP contribution in [-0.4, -0.2) is 24.1 Å². The molecule has 11 heavy (non-hydrogen) atoms. The molecule has 0 bridgehead atoms. The second-order valence-electron chi connectivity index (χ2n) is 2.50. The van der Waals surface area contributed by atoms with Gasteiger partial charge in [-0.3, -0.25) is 0 Å². The number of aromatic nitrogens is 2. The van der Waals surface area contributed by atoms with Crippen molar-refractivity contribution in [2.45, 2.75) is 6.92 Å². The average Bonchev–Trinajstić information content (AvgIpc) is 1.85. The molecule has 1 aromatic rings. The van der Waals surface area contributed by atoms with Crippen molar-refractivity contribution in [2.75, 3.05) is 19.0 Å². The van der Waals surface area contributed by atoms with Crippen LogP contribution in [0.3, 0.4) is 0 Å². The highest BCUT2D eigenvalue weighted by atomic mass is 127. The molecule has 0 atom stereocenters. The van der Waals surface area contributed by atoms with E-state index in [2.05, 4.69) is 32.6 Å². The van der Waals surface area contributed by atoms with Crippen molar-refractivity contribution in [1.82, 2.24) is 9.97 Å². The predicted octanol–water partition coefficient (Wildman–Crippen LogP) is 1.46. The Bertz CT molecular complexity index is 260. The van der Waals surface area contributed by atoms with Crippen molar-refractivity contribution in [3.8, 4) is 0 Å². The number of aryl methyl sites for hydroxylation is 1. The van der Waals surface area contributed by atoms with E-state index in [1.54, 1.807) is 6.20 Å². The number of rotatable bonds is 1. The Hall–Kier alpha value is -0.390. The molecule has 1 aromatic heterocycles. The zero-order valence-corrected chi connectivity index (χ0v) is 8.95. The van der Waals surface area contributed by atoms with Crippen LogP contribution in [-0.2, 0) is 0 Å². The first-order valence-corrected chi connectivity index (χ1v) is 4.35. The Morgan fingerprint density at radius 1 is 1.45 bits per heavy atom. The molecule has 0 fully saturated rings. The van der Waals surface area contributed by atoms with Gasteiger partial charge in [-0.25, -0.2) is 9.97 Å². The van der Waals surface area contributed by atoms with Gasteiger partial charge in [-0.2, -0.15) is 0 Å². The SMILES string of the molecule is Cc1nc(I)cnc1N(C)C. The molecule has 0 aliphatic carbocycles. The Kier molecular flexibility index (Phi) is 2.64. The summed E-state index contributed by atoms with van der Waals surface area (Å²) >= 11 is 2.15. The zero-order valence-electron chi connectivity index (χ0n) is 6.80. The van der Waals surface area contributed by atoms with Crippen LogP contribution < -0.4 is 4.90 Å². The molecule has 1 rings (SSSR count). The monoisotopic (exact) mass is 263 g/mol. The summed E-state index contributed by atoms with van der Waals surface area (Å²) < 4.78 is 0.936. The fraction of sp³-hybridized carbons (Fsp3) is 0.429. The Morgan fingerprint density at radius 2 is 2.09 bits per heavy atom. The molecule has 0 aliphatic heterocycles. The lowest BCUT2D eigenvalue weighted by Crippen LogP contribution is -2.13. The first-order valence-electron chi connectivity index (χ1n) is 3.27. The quantitative estimate of drug-likeness (QED) is 0.718. The maximum absolute atomic E-state index is 4.28. The van der Waals surface area contributed by atoms with Gasteiger partial charge in [0.2, 0.25) is 0 Å². The van der Waals surface area contributed by atoms with E-state index in [4.69, 9.17) is 0 Å². The molecule has 0 saturated carbocycles. The molecule has 0 N–H and O–H groups in total. The normalized spacial score (nSPS) is 9.82. The largest absolute Gasteiger partial charge is 0.361 e. The second-order valence-corrected chi connectivity index (χ2v) is 3.60. The van der Waals surface area contributed by atoms with E-state index in [-0.39, 0.29) is 0 Å². The molecule has 1 heterocycles.